The molecule has 0 aromatic heterocycles. The van der Waals surface area contributed by atoms with Crippen LogP contribution in [0.4, 0.5) is 0 Å². The molecule has 0 bridgehead atoms. The third-order valence-electron chi connectivity index (χ3n) is 7.15. The molecule has 0 spiro atoms. The fraction of sp³-hybridized carbons (Fsp3) is 0.652. The van der Waals surface area contributed by atoms with E-state index in [0.29, 0.717) is 30.7 Å². The molecule has 3 aliphatic rings. The number of methoxy groups -OCH3 is 1. The van der Waals surface area contributed by atoms with Gasteiger partial charge < -0.3 is 15.0 Å². The average Bonchev–Trinajstić information content (AvgIpc) is 3.09. The molecule has 1 aromatic rings. The van der Waals surface area contributed by atoms with Gasteiger partial charge in [0.1, 0.15) is 5.75 Å². The summed E-state index contributed by atoms with van der Waals surface area (Å²) in [5, 5.41) is 3.37. The Balaban J connectivity index is 1.48. The normalized spacial score (nSPS) is 32.1. The molecule has 1 aromatic carbocycles. The summed E-state index contributed by atoms with van der Waals surface area (Å²) in [7, 11) is 1.68. The number of fused-ring (bicyclic) bond motifs is 1. The Hall–Kier alpha value is -2.04. The average molecular weight is 385 g/mol. The van der Waals surface area contributed by atoms with Gasteiger partial charge in [0, 0.05) is 31.0 Å². The van der Waals surface area contributed by atoms with Gasteiger partial charge in [-0.3, -0.25) is 9.59 Å². The van der Waals surface area contributed by atoms with Gasteiger partial charge in [-0.1, -0.05) is 25.0 Å². The van der Waals surface area contributed by atoms with Gasteiger partial charge in [-0.15, -0.1) is 0 Å². The molecule has 1 saturated heterocycles. The molecule has 2 saturated carbocycles. The van der Waals surface area contributed by atoms with Crippen molar-refractivity contribution in [3.63, 3.8) is 0 Å². The van der Waals surface area contributed by atoms with Crippen molar-refractivity contribution in [2.24, 2.45) is 17.8 Å². The van der Waals surface area contributed by atoms with Crippen molar-refractivity contribution < 1.29 is 14.3 Å². The number of ether oxygens (including phenoxy) is 1. The lowest BCUT2D eigenvalue weighted by Gasteiger charge is -2.55. The van der Waals surface area contributed by atoms with Gasteiger partial charge in [0.2, 0.25) is 11.8 Å². The zero-order chi connectivity index (χ0) is 19.8. The van der Waals surface area contributed by atoms with E-state index in [0.717, 1.165) is 5.75 Å². The predicted molar refractivity (Wildman–Crippen MR) is 108 cm³/mol. The molecule has 2 aliphatic carbocycles. The van der Waals surface area contributed by atoms with E-state index in [4.69, 9.17) is 4.74 Å². The van der Waals surface area contributed by atoms with Crippen molar-refractivity contribution in [2.45, 2.75) is 64.0 Å². The number of nitrogens with one attached hydrogen (secondary N) is 1. The van der Waals surface area contributed by atoms with Crippen LogP contribution in [-0.4, -0.2) is 42.5 Å². The van der Waals surface area contributed by atoms with Gasteiger partial charge in [-0.25, -0.2) is 0 Å². The molecule has 28 heavy (non-hydrogen) atoms. The van der Waals surface area contributed by atoms with E-state index in [1.54, 1.807) is 7.11 Å². The number of carbonyl (C=O) groups excluding carboxylic acids is 2. The van der Waals surface area contributed by atoms with Gasteiger partial charge in [0.15, 0.2) is 0 Å². The number of nitrogens with zero attached hydrogens (tertiary/aromatic N) is 1. The number of hydrogen-bond donors (Lipinski definition) is 1. The summed E-state index contributed by atoms with van der Waals surface area (Å²) in [6.07, 6.45) is 5.33. The van der Waals surface area contributed by atoms with Gasteiger partial charge >= 0.3 is 0 Å². The van der Waals surface area contributed by atoms with E-state index in [1.807, 2.05) is 30.9 Å². The molecule has 2 amide bonds. The maximum atomic E-state index is 13.0. The van der Waals surface area contributed by atoms with Crippen molar-refractivity contribution in [1.29, 1.82) is 0 Å². The maximum Gasteiger partial charge on any atom is 0.225 e. The van der Waals surface area contributed by atoms with Crippen molar-refractivity contribution in [3.05, 3.63) is 29.8 Å². The Morgan fingerprint density at radius 3 is 2.43 bits per heavy atom. The van der Waals surface area contributed by atoms with Crippen LogP contribution < -0.4 is 10.1 Å². The van der Waals surface area contributed by atoms with Crippen molar-refractivity contribution in [2.75, 3.05) is 13.7 Å². The SMILES string of the molecule is COc1ccc([C@H]2[C@@H]3CCCC[C@H]3[C@@H]2NC(=O)[C@H]2CC(=O)N(C(C)C)C2)cc1. The van der Waals surface area contributed by atoms with Crippen molar-refractivity contribution in [1.82, 2.24) is 10.2 Å². The molecule has 3 fully saturated rings. The van der Waals surface area contributed by atoms with Crippen LogP contribution in [-0.2, 0) is 9.59 Å². The van der Waals surface area contributed by atoms with Gasteiger partial charge in [0.05, 0.1) is 13.0 Å². The molecule has 5 heteroatoms. The summed E-state index contributed by atoms with van der Waals surface area (Å²) < 4.78 is 5.30. The summed E-state index contributed by atoms with van der Waals surface area (Å²) in [6.45, 7) is 4.57. The highest BCUT2D eigenvalue weighted by Crippen LogP contribution is 2.54. The van der Waals surface area contributed by atoms with Crippen LogP contribution in [0.15, 0.2) is 24.3 Å². The first-order valence-electron chi connectivity index (χ1n) is 10.7. The standard InChI is InChI=1S/C23H32N2O3/c1-14(2)25-13-16(12-20(25)26)23(27)24-22-19-7-5-4-6-18(19)21(22)15-8-10-17(28-3)11-9-15/h8-11,14,16,18-19,21-22H,4-7,12-13H2,1-3H3,(H,24,27)/t16-,18+,19+,21-,22-/m0/s1. The number of rotatable bonds is 5. The molecule has 1 heterocycles. The van der Waals surface area contributed by atoms with E-state index in [-0.39, 0.29) is 29.8 Å². The van der Waals surface area contributed by atoms with Crippen LogP contribution in [0.3, 0.4) is 0 Å². The van der Waals surface area contributed by atoms with E-state index in [9.17, 15) is 9.59 Å². The Morgan fingerprint density at radius 1 is 1.14 bits per heavy atom. The van der Waals surface area contributed by atoms with Crippen LogP contribution >= 0.6 is 0 Å². The molecular weight excluding hydrogens is 352 g/mol. The fourth-order valence-corrected chi connectivity index (χ4v) is 5.63. The zero-order valence-electron chi connectivity index (χ0n) is 17.2. The Morgan fingerprint density at radius 2 is 1.82 bits per heavy atom. The third kappa shape index (κ3) is 3.40. The minimum atomic E-state index is -0.214. The van der Waals surface area contributed by atoms with Crippen molar-refractivity contribution >= 4 is 11.8 Å². The molecule has 4 rings (SSSR count). The number of likely N-dealkylation sites (tertiary alicyclic amines) is 1. The highest BCUT2D eigenvalue weighted by molar-refractivity contribution is 5.89. The molecule has 5 atom stereocenters. The first-order valence-corrected chi connectivity index (χ1v) is 10.7. The number of benzene rings is 1. The minimum absolute atomic E-state index is 0.0593. The first kappa shape index (κ1) is 19.3. The lowest BCUT2D eigenvalue weighted by molar-refractivity contribution is -0.131. The third-order valence-corrected chi connectivity index (χ3v) is 7.15. The lowest BCUT2D eigenvalue weighted by Crippen LogP contribution is -2.60. The lowest BCUT2D eigenvalue weighted by atomic mass is 9.53. The van der Waals surface area contributed by atoms with Crippen LogP contribution in [0.1, 0.15) is 57.4 Å². The summed E-state index contributed by atoms with van der Waals surface area (Å²) >= 11 is 0. The highest BCUT2D eigenvalue weighted by Gasteiger charge is 2.52. The zero-order valence-corrected chi connectivity index (χ0v) is 17.2. The maximum absolute atomic E-state index is 13.0. The summed E-state index contributed by atoms with van der Waals surface area (Å²) in [5.74, 6) is 2.41. The molecular formula is C23H32N2O3. The second-order valence-corrected chi connectivity index (χ2v) is 8.99. The van der Waals surface area contributed by atoms with E-state index in [2.05, 4.69) is 17.4 Å². The molecule has 152 valence electrons. The van der Waals surface area contributed by atoms with Crippen molar-refractivity contribution in [3.8, 4) is 5.75 Å². The largest absolute Gasteiger partial charge is 0.497 e. The van der Waals surface area contributed by atoms with Gasteiger partial charge in [0.25, 0.3) is 0 Å². The second kappa shape index (κ2) is 7.76. The minimum Gasteiger partial charge on any atom is -0.497 e. The molecule has 0 radical (unpaired) electrons. The summed E-state index contributed by atoms with van der Waals surface area (Å²) in [6, 6.07) is 8.67. The second-order valence-electron chi connectivity index (χ2n) is 8.99. The summed E-state index contributed by atoms with van der Waals surface area (Å²) in [4.78, 5) is 27.0. The molecule has 0 unspecified atom stereocenters. The smallest absolute Gasteiger partial charge is 0.225 e. The Labute approximate surface area is 167 Å². The fourth-order valence-electron chi connectivity index (χ4n) is 5.63. The summed E-state index contributed by atoms with van der Waals surface area (Å²) in [5.41, 5.74) is 1.29. The number of carbonyl (C=O) groups is 2. The Kier molecular flexibility index (Phi) is 5.35. The van der Waals surface area contributed by atoms with E-state index < -0.39 is 0 Å². The highest BCUT2D eigenvalue weighted by atomic mass is 16.5. The molecule has 1 aliphatic heterocycles. The van der Waals surface area contributed by atoms with Crippen LogP contribution in [0.5, 0.6) is 5.75 Å². The van der Waals surface area contributed by atoms with Crippen LogP contribution in [0, 0.1) is 17.8 Å². The number of hydrogen-bond acceptors (Lipinski definition) is 3. The monoisotopic (exact) mass is 384 g/mol. The van der Waals surface area contributed by atoms with Gasteiger partial charge in [-0.2, -0.15) is 0 Å². The quantitative estimate of drug-likeness (QED) is 0.847. The van der Waals surface area contributed by atoms with Crippen LogP contribution in [0.25, 0.3) is 0 Å². The van der Waals surface area contributed by atoms with Crippen LogP contribution in [0.2, 0.25) is 0 Å². The molecule has 5 nitrogen and oxygen atoms in total. The predicted octanol–water partition coefficient (Wildman–Crippen LogP) is 3.34. The number of amides is 2. The molecule has 1 N–H and O–H groups in total. The Bertz CT molecular complexity index is 730. The topological polar surface area (TPSA) is 58.6 Å². The van der Waals surface area contributed by atoms with E-state index >= 15 is 0 Å². The van der Waals surface area contributed by atoms with Gasteiger partial charge in [-0.05, 0) is 56.2 Å². The first-order chi connectivity index (χ1) is 13.5. The van der Waals surface area contributed by atoms with E-state index in [1.165, 1.54) is 31.2 Å².